The van der Waals surface area contributed by atoms with Crippen LogP contribution < -0.4 is 5.84 Å². The van der Waals surface area contributed by atoms with Crippen molar-refractivity contribution in [1.29, 1.82) is 0 Å². The zero-order chi connectivity index (χ0) is 14.5. The molecule has 0 fully saturated rings. The highest BCUT2D eigenvalue weighted by molar-refractivity contribution is 7.99. The fraction of sp³-hybridized carbons (Fsp3) is 0.0667. The number of thiophene rings is 1. The molecule has 2 aromatic heterocycles. The molecule has 3 rings (SSSR count). The van der Waals surface area contributed by atoms with Crippen LogP contribution in [0.25, 0.3) is 16.8 Å². The van der Waals surface area contributed by atoms with Gasteiger partial charge in [-0.3, -0.25) is 0 Å². The van der Waals surface area contributed by atoms with Crippen LogP contribution in [0.3, 0.4) is 0 Å². The smallest absolute Gasteiger partial charge is 0.210 e. The third-order valence-corrected chi connectivity index (χ3v) is 4.59. The number of hydrogen-bond acceptors (Lipinski definition) is 5. The Morgan fingerprint density at radius 1 is 1.14 bits per heavy atom. The van der Waals surface area contributed by atoms with Gasteiger partial charge in [-0.15, -0.1) is 21.5 Å². The largest absolute Gasteiger partial charge is 0.335 e. The summed E-state index contributed by atoms with van der Waals surface area (Å²) in [5, 5.41) is 11.0. The molecule has 0 unspecified atom stereocenters. The Hall–Kier alpha value is -2.05. The van der Waals surface area contributed by atoms with Gasteiger partial charge >= 0.3 is 0 Å². The minimum atomic E-state index is 0.708. The summed E-state index contributed by atoms with van der Waals surface area (Å²) in [5.41, 5.74) is 1.19. The molecule has 0 aliphatic carbocycles. The van der Waals surface area contributed by atoms with Gasteiger partial charge in [0.15, 0.2) is 5.82 Å². The van der Waals surface area contributed by atoms with Crippen molar-refractivity contribution < 1.29 is 0 Å². The van der Waals surface area contributed by atoms with Gasteiger partial charge in [0.1, 0.15) is 0 Å². The van der Waals surface area contributed by atoms with Gasteiger partial charge in [-0.1, -0.05) is 60.3 Å². The number of benzene rings is 1. The van der Waals surface area contributed by atoms with E-state index in [0.29, 0.717) is 5.82 Å². The third-order valence-electron chi connectivity index (χ3n) is 2.82. The molecule has 2 N–H and O–H groups in total. The van der Waals surface area contributed by atoms with Crippen molar-refractivity contribution in [1.82, 2.24) is 14.9 Å². The summed E-state index contributed by atoms with van der Waals surface area (Å²) in [6.07, 6.45) is 4.18. The summed E-state index contributed by atoms with van der Waals surface area (Å²) in [5.74, 6) is 7.55. The standard InChI is InChI=1S/C15H14N4S2/c16-19-14(13-9-5-10-20-13)17-18-15(19)21-11-4-8-12-6-2-1-3-7-12/h1-10H,11,16H2. The summed E-state index contributed by atoms with van der Waals surface area (Å²) in [7, 11) is 0. The molecule has 0 bridgehead atoms. The Bertz CT molecular complexity index is 717. The predicted molar refractivity (Wildman–Crippen MR) is 89.7 cm³/mol. The molecule has 0 saturated carbocycles. The van der Waals surface area contributed by atoms with Gasteiger partial charge in [0, 0.05) is 5.75 Å². The maximum Gasteiger partial charge on any atom is 0.210 e. The van der Waals surface area contributed by atoms with E-state index in [1.54, 1.807) is 27.8 Å². The average Bonchev–Trinajstić information content (AvgIpc) is 3.15. The number of aromatic nitrogens is 3. The Kier molecular flexibility index (Phi) is 4.37. The minimum absolute atomic E-state index is 0.708. The van der Waals surface area contributed by atoms with Crippen LogP contribution in [-0.2, 0) is 0 Å². The van der Waals surface area contributed by atoms with E-state index >= 15 is 0 Å². The van der Waals surface area contributed by atoms with Crippen LogP contribution >= 0.6 is 23.1 Å². The molecule has 6 heteroatoms. The Labute approximate surface area is 131 Å². The molecule has 2 heterocycles. The summed E-state index contributed by atoms with van der Waals surface area (Å²) >= 11 is 3.17. The second-order valence-electron chi connectivity index (χ2n) is 4.28. The van der Waals surface area contributed by atoms with E-state index in [-0.39, 0.29) is 0 Å². The van der Waals surface area contributed by atoms with Gasteiger partial charge in [-0.05, 0) is 17.0 Å². The molecule has 0 spiro atoms. The average molecular weight is 314 g/mol. The van der Waals surface area contributed by atoms with Crippen molar-refractivity contribution in [3.05, 3.63) is 59.5 Å². The van der Waals surface area contributed by atoms with Crippen LogP contribution in [0.15, 0.2) is 59.1 Å². The molecular formula is C15H14N4S2. The molecule has 0 saturated heterocycles. The maximum absolute atomic E-state index is 6.04. The summed E-state index contributed by atoms with van der Waals surface area (Å²) in [6, 6.07) is 14.2. The van der Waals surface area contributed by atoms with Crippen molar-refractivity contribution in [2.24, 2.45) is 0 Å². The first-order chi connectivity index (χ1) is 10.3. The first kappa shape index (κ1) is 13.9. The van der Waals surface area contributed by atoms with E-state index < -0.39 is 0 Å². The Morgan fingerprint density at radius 3 is 2.76 bits per heavy atom. The minimum Gasteiger partial charge on any atom is -0.335 e. The number of rotatable bonds is 5. The van der Waals surface area contributed by atoms with Gasteiger partial charge in [0.05, 0.1) is 4.88 Å². The van der Waals surface area contributed by atoms with Crippen molar-refractivity contribution in [2.75, 3.05) is 11.6 Å². The first-order valence-electron chi connectivity index (χ1n) is 6.43. The van der Waals surface area contributed by atoms with E-state index in [9.17, 15) is 0 Å². The lowest BCUT2D eigenvalue weighted by Gasteiger charge is -2.00. The number of hydrogen-bond donors (Lipinski definition) is 1. The SMILES string of the molecule is Nn1c(SCC=Cc2ccccc2)nnc1-c1cccs1. The van der Waals surface area contributed by atoms with E-state index in [4.69, 9.17) is 5.84 Å². The van der Waals surface area contributed by atoms with Crippen LogP contribution in [0.4, 0.5) is 0 Å². The van der Waals surface area contributed by atoms with Gasteiger partial charge in [0.2, 0.25) is 5.16 Å². The number of thioether (sulfide) groups is 1. The van der Waals surface area contributed by atoms with Crippen LogP contribution in [0, 0.1) is 0 Å². The lowest BCUT2D eigenvalue weighted by atomic mass is 10.2. The van der Waals surface area contributed by atoms with Crippen LogP contribution in [0.1, 0.15) is 5.56 Å². The van der Waals surface area contributed by atoms with Crippen LogP contribution in [0.2, 0.25) is 0 Å². The molecule has 1 aromatic carbocycles. The molecule has 0 radical (unpaired) electrons. The van der Waals surface area contributed by atoms with Crippen LogP contribution in [0.5, 0.6) is 0 Å². The quantitative estimate of drug-likeness (QED) is 0.578. The van der Waals surface area contributed by atoms with Crippen molar-refractivity contribution >= 4 is 29.2 Å². The van der Waals surface area contributed by atoms with Crippen LogP contribution in [-0.4, -0.2) is 20.6 Å². The highest BCUT2D eigenvalue weighted by Gasteiger charge is 2.11. The van der Waals surface area contributed by atoms with Gasteiger partial charge in [0.25, 0.3) is 0 Å². The second-order valence-corrected chi connectivity index (χ2v) is 6.21. The molecular weight excluding hydrogens is 300 g/mol. The lowest BCUT2D eigenvalue weighted by Crippen LogP contribution is -2.11. The van der Waals surface area contributed by atoms with E-state index in [1.807, 2.05) is 35.7 Å². The number of nitrogens with two attached hydrogens (primary N) is 1. The monoisotopic (exact) mass is 314 g/mol. The van der Waals surface area contributed by atoms with Crippen molar-refractivity contribution in [3.63, 3.8) is 0 Å². The molecule has 0 aliphatic heterocycles. The van der Waals surface area contributed by atoms with Gasteiger partial charge in [-0.2, -0.15) is 0 Å². The number of nitrogen functional groups attached to an aromatic ring is 1. The van der Waals surface area contributed by atoms with Crippen molar-refractivity contribution in [2.45, 2.75) is 5.16 Å². The fourth-order valence-corrected chi connectivity index (χ4v) is 3.19. The highest BCUT2D eigenvalue weighted by Crippen LogP contribution is 2.25. The van der Waals surface area contributed by atoms with Crippen molar-refractivity contribution in [3.8, 4) is 10.7 Å². The highest BCUT2D eigenvalue weighted by atomic mass is 32.2. The molecule has 106 valence electrons. The fourth-order valence-electron chi connectivity index (χ4n) is 1.82. The van der Waals surface area contributed by atoms with Gasteiger partial charge in [-0.25, -0.2) is 4.68 Å². The Balaban J connectivity index is 1.63. The second kappa shape index (κ2) is 6.60. The lowest BCUT2D eigenvalue weighted by molar-refractivity contribution is 0.852. The summed E-state index contributed by atoms with van der Waals surface area (Å²) in [4.78, 5) is 1.02. The third kappa shape index (κ3) is 3.34. The normalized spacial score (nSPS) is 11.2. The maximum atomic E-state index is 6.04. The molecule has 4 nitrogen and oxygen atoms in total. The van der Waals surface area contributed by atoms with E-state index in [2.05, 4.69) is 34.5 Å². The molecule has 3 aromatic rings. The Morgan fingerprint density at radius 2 is 2.00 bits per heavy atom. The summed E-state index contributed by atoms with van der Waals surface area (Å²) in [6.45, 7) is 0. The topological polar surface area (TPSA) is 56.7 Å². The van der Waals surface area contributed by atoms with E-state index in [0.717, 1.165) is 15.8 Å². The molecule has 0 aliphatic rings. The zero-order valence-corrected chi connectivity index (χ0v) is 12.8. The van der Waals surface area contributed by atoms with Gasteiger partial charge < -0.3 is 5.84 Å². The molecule has 0 atom stereocenters. The molecule has 21 heavy (non-hydrogen) atoms. The molecule has 0 amide bonds. The number of nitrogens with zero attached hydrogens (tertiary/aromatic N) is 3. The predicted octanol–water partition coefficient (Wildman–Crippen LogP) is 3.53. The zero-order valence-electron chi connectivity index (χ0n) is 11.2. The van der Waals surface area contributed by atoms with E-state index in [1.165, 1.54) is 5.56 Å². The first-order valence-corrected chi connectivity index (χ1v) is 8.30. The summed E-state index contributed by atoms with van der Waals surface area (Å²) < 4.78 is 1.55.